The fourth-order valence-corrected chi connectivity index (χ4v) is 5.69. The highest BCUT2D eigenvalue weighted by Crippen LogP contribution is 2.15. The molecule has 1 amide bonds. The van der Waals surface area contributed by atoms with E-state index in [4.69, 9.17) is 0 Å². The highest BCUT2D eigenvalue weighted by Gasteiger charge is 2.20. The second kappa shape index (κ2) is 33.0. The van der Waals surface area contributed by atoms with Crippen molar-refractivity contribution in [3.63, 3.8) is 0 Å². The van der Waals surface area contributed by atoms with Crippen LogP contribution in [0.1, 0.15) is 194 Å². The monoisotopic (exact) mass is 596 g/mol. The molecular weight excluding hydrogens is 522 g/mol. The maximum Gasteiger partial charge on any atom is 0.222 e. The zero-order valence-corrected chi connectivity index (χ0v) is 28.1. The standard InChI is InChI=1S/C37H73NO4/c1-3-5-7-9-11-13-15-16-17-18-19-21-23-25-27-29-31-36(41)35(33-39)38-37(42)32-34(40)30-28-26-24-22-20-14-12-10-8-6-4-2/h29,31,34-36,39-41H,3-28,30,32-33H2,1-2H3,(H,38,42)/b31-29+. The van der Waals surface area contributed by atoms with Gasteiger partial charge < -0.3 is 20.6 Å². The van der Waals surface area contributed by atoms with Crippen molar-refractivity contribution in [2.24, 2.45) is 0 Å². The minimum Gasteiger partial charge on any atom is -0.394 e. The summed E-state index contributed by atoms with van der Waals surface area (Å²) in [6.07, 6.45) is 36.2. The molecule has 250 valence electrons. The van der Waals surface area contributed by atoms with Gasteiger partial charge in [0.1, 0.15) is 0 Å². The van der Waals surface area contributed by atoms with Crippen LogP contribution in [0, 0.1) is 0 Å². The number of carbonyl (C=O) groups is 1. The Bertz CT molecular complexity index is 582. The van der Waals surface area contributed by atoms with Crippen molar-refractivity contribution < 1.29 is 20.1 Å². The van der Waals surface area contributed by atoms with Gasteiger partial charge in [-0.05, 0) is 19.3 Å². The molecule has 5 heteroatoms. The van der Waals surface area contributed by atoms with Crippen molar-refractivity contribution in [1.82, 2.24) is 5.32 Å². The van der Waals surface area contributed by atoms with Crippen molar-refractivity contribution in [3.05, 3.63) is 12.2 Å². The lowest BCUT2D eigenvalue weighted by atomic mass is 10.0. The van der Waals surface area contributed by atoms with Crippen molar-refractivity contribution in [1.29, 1.82) is 0 Å². The predicted molar refractivity (Wildman–Crippen MR) is 181 cm³/mol. The Morgan fingerprint density at radius 2 is 0.976 bits per heavy atom. The second-order valence-electron chi connectivity index (χ2n) is 12.8. The summed E-state index contributed by atoms with van der Waals surface area (Å²) in [5.41, 5.74) is 0. The van der Waals surface area contributed by atoms with E-state index in [1.807, 2.05) is 6.08 Å². The van der Waals surface area contributed by atoms with Crippen LogP contribution in [0.15, 0.2) is 12.2 Å². The average Bonchev–Trinajstić information content (AvgIpc) is 2.98. The molecule has 0 aromatic carbocycles. The molecular formula is C37H73NO4. The summed E-state index contributed by atoms with van der Waals surface area (Å²) < 4.78 is 0. The van der Waals surface area contributed by atoms with Gasteiger partial charge >= 0.3 is 0 Å². The Morgan fingerprint density at radius 1 is 0.595 bits per heavy atom. The van der Waals surface area contributed by atoms with Gasteiger partial charge in [0, 0.05) is 0 Å². The highest BCUT2D eigenvalue weighted by atomic mass is 16.3. The van der Waals surface area contributed by atoms with Gasteiger partial charge in [0.15, 0.2) is 0 Å². The lowest BCUT2D eigenvalue weighted by molar-refractivity contribution is -0.124. The molecule has 0 fully saturated rings. The van der Waals surface area contributed by atoms with Gasteiger partial charge in [0.2, 0.25) is 5.91 Å². The third-order valence-corrected chi connectivity index (χ3v) is 8.57. The number of nitrogens with one attached hydrogen (secondary N) is 1. The first-order chi connectivity index (χ1) is 20.5. The van der Waals surface area contributed by atoms with Crippen LogP contribution in [0.4, 0.5) is 0 Å². The summed E-state index contributed by atoms with van der Waals surface area (Å²) >= 11 is 0. The van der Waals surface area contributed by atoms with Crippen LogP contribution in [0.5, 0.6) is 0 Å². The van der Waals surface area contributed by atoms with E-state index in [1.54, 1.807) is 6.08 Å². The summed E-state index contributed by atoms with van der Waals surface area (Å²) in [5, 5.41) is 33.0. The fraction of sp³-hybridized carbons (Fsp3) is 0.919. The summed E-state index contributed by atoms with van der Waals surface area (Å²) in [6.45, 7) is 4.19. The minimum absolute atomic E-state index is 0.0176. The zero-order chi connectivity index (χ0) is 30.9. The molecule has 0 aliphatic carbocycles. The molecule has 4 N–H and O–H groups in total. The van der Waals surface area contributed by atoms with Crippen molar-refractivity contribution in [3.8, 4) is 0 Å². The molecule has 0 aromatic heterocycles. The number of amides is 1. The Hall–Kier alpha value is -0.910. The van der Waals surface area contributed by atoms with Gasteiger partial charge in [-0.25, -0.2) is 0 Å². The maximum atomic E-state index is 12.3. The Morgan fingerprint density at radius 3 is 1.38 bits per heavy atom. The normalized spacial score (nSPS) is 13.9. The second-order valence-corrected chi connectivity index (χ2v) is 12.8. The zero-order valence-electron chi connectivity index (χ0n) is 28.1. The molecule has 0 spiro atoms. The Balaban J connectivity index is 3.72. The summed E-state index contributed by atoms with van der Waals surface area (Å²) in [4.78, 5) is 12.3. The van der Waals surface area contributed by atoms with E-state index >= 15 is 0 Å². The number of rotatable bonds is 33. The van der Waals surface area contributed by atoms with E-state index in [0.717, 1.165) is 25.7 Å². The van der Waals surface area contributed by atoms with Crippen LogP contribution in [0.2, 0.25) is 0 Å². The van der Waals surface area contributed by atoms with E-state index in [0.29, 0.717) is 6.42 Å². The van der Waals surface area contributed by atoms with E-state index in [2.05, 4.69) is 19.2 Å². The molecule has 0 aliphatic heterocycles. The van der Waals surface area contributed by atoms with Gasteiger partial charge in [0.05, 0.1) is 31.3 Å². The smallest absolute Gasteiger partial charge is 0.222 e. The molecule has 0 saturated carbocycles. The Kier molecular flexibility index (Phi) is 32.3. The number of hydrogen-bond acceptors (Lipinski definition) is 4. The minimum atomic E-state index is -0.922. The fourth-order valence-electron chi connectivity index (χ4n) is 5.69. The molecule has 3 unspecified atom stereocenters. The molecule has 3 atom stereocenters. The van der Waals surface area contributed by atoms with E-state index in [1.165, 1.54) is 141 Å². The number of aliphatic hydroxyl groups excluding tert-OH is 3. The summed E-state index contributed by atoms with van der Waals surface area (Å²) in [7, 11) is 0. The number of carbonyl (C=O) groups excluding carboxylic acids is 1. The molecule has 0 rings (SSSR count). The van der Waals surface area contributed by atoms with Crippen molar-refractivity contribution >= 4 is 5.91 Å². The lowest BCUT2D eigenvalue weighted by Gasteiger charge is -2.21. The topological polar surface area (TPSA) is 89.8 Å². The first kappa shape index (κ1) is 41.1. The van der Waals surface area contributed by atoms with Crippen LogP contribution < -0.4 is 5.32 Å². The van der Waals surface area contributed by atoms with E-state index in [9.17, 15) is 20.1 Å². The molecule has 0 bridgehead atoms. The number of allylic oxidation sites excluding steroid dienone is 1. The van der Waals surface area contributed by atoms with E-state index in [-0.39, 0.29) is 18.9 Å². The Labute approximate surface area is 261 Å². The molecule has 5 nitrogen and oxygen atoms in total. The first-order valence-electron chi connectivity index (χ1n) is 18.5. The van der Waals surface area contributed by atoms with Gasteiger partial charge in [-0.2, -0.15) is 0 Å². The predicted octanol–water partition coefficient (Wildman–Crippen LogP) is 9.70. The number of unbranched alkanes of at least 4 members (excludes halogenated alkanes) is 24. The third-order valence-electron chi connectivity index (χ3n) is 8.57. The van der Waals surface area contributed by atoms with Crippen molar-refractivity contribution in [2.75, 3.05) is 6.61 Å². The van der Waals surface area contributed by atoms with Crippen LogP contribution in [0.25, 0.3) is 0 Å². The lowest BCUT2D eigenvalue weighted by Crippen LogP contribution is -2.45. The summed E-state index contributed by atoms with van der Waals surface area (Å²) in [6, 6.07) is -0.737. The molecule has 0 heterocycles. The van der Waals surface area contributed by atoms with Gasteiger partial charge in [-0.1, -0.05) is 180 Å². The van der Waals surface area contributed by atoms with Crippen LogP contribution in [-0.4, -0.2) is 46.1 Å². The van der Waals surface area contributed by atoms with Crippen LogP contribution >= 0.6 is 0 Å². The largest absolute Gasteiger partial charge is 0.394 e. The highest BCUT2D eigenvalue weighted by molar-refractivity contribution is 5.76. The van der Waals surface area contributed by atoms with Gasteiger partial charge in [-0.15, -0.1) is 0 Å². The summed E-state index contributed by atoms with van der Waals surface area (Å²) in [5.74, 6) is -0.316. The molecule has 42 heavy (non-hydrogen) atoms. The van der Waals surface area contributed by atoms with Crippen LogP contribution in [0.3, 0.4) is 0 Å². The maximum absolute atomic E-state index is 12.3. The van der Waals surface area contributed by atoms with E-state index < -0.39 is 18.2 Å². The SMILES string of the molecule is CCCCCCCCCCCCCCCC/C=C/C(O)C(CO)NC(=O)CC(O)CCCCCCCCCCCCC. The first-order valence-corrected chi connectivity index (χ1v) is 18.5. The quantitative estimate of drug-likeness (QED) is 0.0449. The molecule has 0 aromatic rings. The van der Waals surface area contributed by atoms with Crippen LogP contribution in [-0.2, 0) is 4.79 Å². The number of hydrogen-bond donors (Lipinski definition) is 4. The molecule has 0 radical (unpaired) electrons. The molecule has 0 saturated heterocycles. The van der Waals surface area contributed by atoms with Gasteiger partial charge in [0.25, 0.3) is 0 Å². The third kappa shape index (κ3) is 29.2. The van der Waals surface area contributed by atoms with Crippen molar-refractivity contribution in [2.45, 2.75) is 212 Å². The van der Waals surface area contributed by atoms with Gasteiger partial charge in [-0.3, -0.25) is 4.79 Å². The molecule has 0 aliphatic rings. The number of aliphatic hydroxyl groups is 3. The average molecular weight is 596 g/mol.